The molecule has 4 N–H and O–H groups in total. The molecule has 4 unspecified atom stereocenters. The lowest BCUT2D eigenvalue weighted by atomic mass is 9.82. The van der Waals surface area contributed by atoms with Crippen molar-refractivity contribution in [2.75, 3.05) is 39.7 Å². The number of benzene rings is 1. The van der Waals surface area contributed by atoms with Crippen molar-refractivity contribution in [2.45, 2.75) is 82.1 Å². The Hall–Kier alpha value is -3.00. The molecule has 12 heteroatoms. The van der Waals surface area contributed by atoms with E-state index in [1.807, 2.05) is 0 Å². The first-order valence-electron chi connectivity index (χ1n) is 15.5. The molecule has 0 radical (unpaired) electrons. The molecule has 1 fully saturated rings. The Balaban J connectivity index is 2.26. The molecule has 5 atom stereocenters. The van der Waals surface area contributed by atoms with E-state index in [-0.39, 0.29) is 38.3 Å². The van der Waals surface area contributed by atoms with E-state index in [9.17, 15) is 32.6 Å². The fourth-order valence-electron chi connectivity index (χ4n) is 5.49. The van der Waals surface area contributed by atoms with Gasteiger partial charge in [0.1, 0.15) is 18.9 Å². The van der Waals surface area contributed by atoms with Gasteiger partial charge in [-0.3, -0.25) is 14.5 Å². The Morgan fingerprint density at radius 2 is 1.64 bits per heavy atom. The van der Waals surface area contributed by atoms with Gasteiger partial charge >= 0.3 is 0 Å². The monoisotopic (exact) mass is 648 g/mol. The SMILES string of the molecule is C#CCC(O)C(O)C(CC1CCCCC1)NC(=O)[C@H](CC#C)NC(=O)C(Cc1ccccc1)CS(=O)(=O)N(C)CCN(C)CF. The molecule has 10 nitrogen and oxygen atoms in total. The Bertz CT molecular complexity index is 1250. The summed E-state index contributed by atoms with van der Waals surface area (Å²) >= 11 is 0. The van der Waals surface area contributed by atoms with Gasteiger partial charge in [-0.25, -0.2) is 17.1 Å². The average molecular weight is 649 g/mol. The summed E-state index contributed by atoms with van der Waals surface area (Å²) in [6.07, 6.45) is 13.6. The highest BCUT2D eigenvalue weighted by Gasteiger charge is 2.34. The van der Waals surface area contributed by atoms with Crippen LogP contribution in [0.3, 0.4) is 0 Å². The van der Waals surface area contributed by atoms with E-state index in [1.165, 1.54) is 19.0 Å². The van der Waals surface area contributed by atoms with Gasteiger partial charge in [0, 0.05) is 33.0 Å². The molecule has 0 saturated heterocycles. The number of aliphatic hydroxyl groups is 2. The van der Waals surface area contributed by atoms with Crippen molar-refractivity contribution in [1.29, 1.82) is 0 Å². The van der Waals surface area contributed by atoms with E-state index in [0.29, 0.717) is 6.42 Å². The molecular formula is C33H49FN4O6S. The Morgan fingerprint density at radius 1 is 1.00 bits per heavy atom. The lowest BCUT2D eigenvalue weighted by molar-refractivity contribution is -0.132. The highest BCUT2D eigenvalue weighted by molar-refractivity contribution is 7.89. The lowest BCUT2D eigenvalue weighted by Gasteiger charge is -2.33. The van der Waals surface area contributed by atoms with E-state index in [4.69, 9.17) is 12.8 Å². The van der Waals surface area contributed by atoms with Crippen molar-refractivity contribution in [3.8, 4) is 24.7 Å². The summed E-state index contributed by atoms with van der Waals surface area (Å²) in [5, 5.41) is 26.8. The van der Waals surface area contributed by atoms with Crippen molar-refractivity contribution in [3.63, 3.8) is 0 Å². The lowest BCUT2D eigenvalue weighted by Crippen LogP contribution is -2.56. The minimum absolute atomic E-state index is 0.0286. The summed E-state index contributed by atoms with van der Waals surface area (Å²) in [5.74, 6) is 2.01. The number of terminal acetylenes is 2. The zero-order valence-corrected chi connectivity index (χ0v) is 27.2. The molecule has 1 aromatic carbocycles. The number of carbonyl (C=O) groups excluding carboxylic acids is 2. The van der Waals surface area contributed by atoms with Gasteiger partial charge in [-0.1, -0.05) is 62.4 Å². The van der Waals surface area contributed by atoms with Crippen LogP contribution in [-0.2, 0) is 26.0 Å². The second-order valence-electron chi connectivity index (χ2n) is 12.0. The van der Waals surface area contributed by atoms with Crippen molar-refractivity contribution in [1.82, 2.24) is 19.8 Å². The van der Waals surface area contributed by atoms with Gasteiger partial charge < -0.3 is 20.8 Å². The fraction of sp³-hybridized carbons (Fsp3) is 0.636. The summed E-state index contributed by atoms with van der Waals surface area (Å²) in [5.41, 5.74) is 0.726. The number of likely N-dealkylation sites (N-methyl/N-ethyl adjacent to an activating group) is 2. The van der Waals surface area contributed by atoms with Gasteiger partial charge in [-0.2, -0.15) is 0 Å². The fourth-order valence-corrected chi connectivity index (χ4v) is 6.89. The zero-order valence-electron chi connectivity index (χ0n) is 26.4. The third-order valence-corrected chi connectivity index (χ3v) is 10.3. The zero-order chi connectivity index (χ0) is 33.4. The summed E-state index contributed by atoms with van der Waals surface area (Å²) in [6, 6.07) is 6.85. The number of alkyl halides is 1. The molecule has 1 aromatic rings. The minimum Gasteiger partial charge on any atom is -0.389 e. The number of rotatable bonds is 19. The van der Waals surface area contributed by atoms with Crippen molar-refractivity contribution < 1.29 is 32.6 Å². The van der Waals surface area contributed by atoms with E-state index in [2.05, 4.69) is 22.5 Å². The van der Waals surface area contributed by atoms with Gasteiger partial charge in [-0.05, 0) is 31.4 Å². The smallest absolute Gasteiger partial charge is 0.243 e. The molecule has 0 aliphatic heterocycles. The Labute approximate surface area is 268 Å². The molecule has 45 heavy (non-hydrogen) atoms. The van der Waals surface area contributed by atoms with Crippen molar-refractivity contribution in [3.05, 3.63) is 35.9 Å². The quantitative estimate of drug-likeness (QED) is 0.132. The van der Waals surface area contributed by atoms with Gasteiger partial charge in [0.05, 0.1) is 23.8 Å². The first kappa shape index (κ1) is 38.2. The van der Waals surface area contributed by atoms with Crippen LogP contribution in [0.1, 0.15) is 56.9 Å². The first-order chi connectivity index (χ1) is 21.4. The molecule has 2 amide bonds. The van der Waals surface area contributed by atoms with Gasteiger partial charge in [0.15, 0.2) is 0 Å². The van der Waals surface area contributed by atoms with Crippen LogP contribution in [0.4, 0.5) is 4.39 Å². The van der Waals surface area contributed by atoms with Crippen molar-refractivity contribution >= 4 is 21.8 Å². The molecule has 0 bridgehead atoms. The topological polar surface area (TPSA) is 139 Å². The molecule has 250 valence electrons. The van der Waals surface area contributed by atoms with E-state index >= 15 is 0 Å². The number of aliphatic hydroxyl groups excluding tert-OH is 2. The highest BCUT2D eigenvalue weighted by Crippen LogP contribution is 2.28. The third kappa shape index (κ3) is 13.1. The molecule has 2 rings (SSSR count). The molecule has 0 heterocycles. The minimum atomic E-state index is -3.95. The third-order valence-electron chi connectivity index (χ3n) is 8.31. The number of halogens is 1. The predicted molar refractivity (Wildman–Crippen MR) is 173 cm³/mol. The molecule has 1 saturated carbocycles. The molecule has 1 aliphatic carbocycles. The number of nitrogens with zero attached hydrogens (tertiary/aromatic N) is 2. The van der Waals surface area contributed by atoms with Gasteiger partial charge in [-0.15, -0.1) is 24.7 Å². The molecular weight excluding hydrogens is 599 g/mol. The largest absolute Gasteiger partial charge is 0.389 e. The van der Waals surface area contributed by atoms with Crippen LogP contribution in [0.2, 0.25) is 0 Å². The van der Waals surface area contributed by atoms with E-state index in [1.54, 1.807) is 30.3 Å². The maximum Gasteiger partial charge on any atom is 0.243 e. The first-order valence-corrected chi connectivity index (χ1v) is 17.1. The summed E-state index contributed by atoms with van der Waals surface area (Å²) in [7, 11) is -1.05. The van der Waals surface area contributed by atoms with Crippen LogP contribution < -0.4 is 10.6 Å². The summed E-state index contributed by atoms with van der Waals surface area (Å²) < 4.78 is 40.5. The van der Waals surface area contributed by atoms with Gasteiger partial charge in [0.2, 0.25) is 21.8 Å². The Morgan fingerprint density at radius 3 is 2.24 bits per heavy atom. The van der Waals surface area contributed by atoms with Crippen molar-refractivity contribution in [2.24, 2.45) is 11.8 Å². The van der Waals surface area contributed by atoms with Gasteiger partial charge in [0.25, 0.3) is 0 Å². The second-order valence-corrected chi connectivity index (χ2v) is 14.1. The molecule has 1 aliphatic rings. The van der Waals surface area contributed by atoms with E-state index < -0.39 is 64.6 Å². The number of nitrogens with one attached hydrogen (secondary N) is 2. The number of hydrogen-bond acceptors (Lipinski definition) is 7. The molecule has 0 aromatic heterocycles. The molecule has 0 spiro atoms. The summed E-state index contributed by atoms with van der Waals surface area (Å²) in [4.78, 5) is 28.5. The van der Waals surface area contributed by atoms with Crippen LogP contribution in [0.15, 0.2) is 30.3 Å². The number of sulfonamides is 1. The summed E-state index contributed by atoms with van der Waals surface area (Å²) in [6.45, 7) is -0.538. The van der Waals surface area contributed by atoms with Crippen LogP contribution in [0.5, 0.6) is 0 Å². The van der Waals surface area contributed by atoms with Crippen LogP contribution in [0, 0.1) is 36.5 Å². The number of amides is 2. The average Bonchev–Trinajstić information content (AvgIpc) is 3.03. The Kier molecular flexibility index (Phi) is 16.5. The van der Waals surface area contributed by atoms with E-state index in [0.717, 1.165) is 42.0 Å². The highest BCUT2D eigenvalue weighted by atomic mass is 32.2. The maximum atomic E-state index is 13.7. The van der Waals surface area contributed by atoms with Crippen LogP contribution in [0.25, 0.3) is 0 Å². The number of carbonyl (C=O) groups is 2. The normalized spacial score (nSPS) is 17.4. The van der Waals surface area contributed by atoms with Crippen LogP contribution in [-0.4, -0.2) is 104 Å². The standard InChI is InChI=1S/C33H49FN4O6S/c1-5-13-28(33(42)36-29(31(40)30(39)14-6-2)22-26-17-11-8-12-18-26)35-32(41)27(21-25-15-9-7-10-16-25)23-45(43,44)38(4)20-19-37(3)24-34/h1-2,7,9-10,15-16,26-31,39-40H,8,11-14,17-24H2,3-4H3,(H,35,41)(H,36,42)/t27?,28-,29?,30?,31?/m0/s1. The van der Waals surface area contributed by atoms with Crippen LogP contribution >= 0.6 is 0 Å². The predicted octanol–water partition coefficient (Wildman–Crippen LogP) is 1.67. The number of hydrogen-bond donors (Lipinski definition) is 4. The maximum absolute atomic E-state index is 13.7. The second kappa shape index (κ2) is 19.5.